The summed E-state index contributed by atoms with van der Waals surface area (Å²) in [6.07, 6.45) is 0.348. The fourth-order valence-electron chi connectivity index (χ4n) is 3.10. The van der Waals surface area contributed by atoms with Crippen molar-refractivity contribution in [3.63, 3.8) is 0 Å². The Morgan fingerprint density at radius 1 is 1.53 bits per heavy atom. The molecule has 0 spiro atoms. The van der Waals surface area contributed by atoms with E-state index in [0.717, 1.165) is 18.8 Å². The van der Waals surface area contributed by atoms with Gasteiger partial charge in [-0.1, -0.05) is 19.0 Å². The molecule has 1 aromatic heterocycles. The van der Waals surface area contributed by atoms with Gasteiger partial charge in [0.2, 0.25) is 5.91 Å². The maximum atomic E-state index is 12.0. The lowest BCUT2D eigenvalue weighted by Crippen LogP contribution is -2.33. The van der Waals surface area contributed by atoms with E-state index in [4.69, 9.17) is 4.52 Å². The van der Waals surface area contributed by atoms with Crippen LogP contribution in [0.2, 0.25) is 0 Å². The highest BCUT2D eigenvalue weighted by molar-refractivity contribution is 5.78. The van der Waals surface area contributed by atoms with E-state index in [2.05, 4.69) is 19.0 Å². The summed E-state index contributed by atoms with van der Waals surface area (Å²) in [6.45, 7) is 8.30. The van der Waals surface area contributed by atoms with E-state index < -0.39 is 0 Å². The number of hydrogen-bond donors (Lipinski definition) is 0. The van der Waals surface area contributed by atoms with Crippen molar-refractivity contribution in [2.75, 3.05) is 13.1 Å². The van der Waals surface area contributed by atoms with Gasteiger partial charge >= 0.3 is 0 Å². The molecule has 4 nitrogen and oxygen atoms in total. The van der Waals surface area contributed by atoms with Crippen LogP contribution in [-0.2, 0) is 11.2 Å². The number of aromatic nitrogens is 1. The molecule has 1 amide bonds. The van der Waals surface area contributed by atoms with Gasteiger partial charge in [0.15, 0.2) is 0 Å². The smallest absolute Gasteiger partial charge is 0.230 e. The topological polar surface area (TPSA) is 46.3 Å². The number of carbonyl (C=O) groups is 1. The summed E-state index contributed by atoms with van der Waals surface area (Å²) in [7, 11) is 0. The Kier molecular flexibility index (Phi) is 2.12. The van der Waals surface area contributed by atoms with Crippen LogP contribution >= 0.6 is 0 Å². The molecule has 1 saturated carbocycles. The van der Waals surface area contributed by atoms with E-state index in [-0.39, 0.29) is 5.91 Å². The Bertz CT molecular complexity index is 450. The van der Waals surface area contributed by atoms with Gasteiger partial charge in [-0.2, -0.15) is 0 Å². The predicted molar refractivity (Wildman–Crippen MR) is 62.3 cm³/mol. The number of nitrogens with zero attached hydrogens (tertiary/aromatic N) is 2. The monoisotopic (exact) mass is 234 g/mol. The minimum atomic E-state index is 0.171. The highest BCUT2D eigenvalue weighted by atomic mass is 16.5. The Morgan fingerprint density at radius 2 is 2.18 bits per heavy atom. The summed E-state index contributed by atoms with van der Waals surface area (Å²) in [5, 5.41) is 3.80. The second kappa shape index (κ2) is 3.34. The SMILES string of the molecule is Cc1cc(CC(=O)N2CC3C(C2)C3(C)C)on1. The van der Waals surface area contributed by atoms with Gasteiger partial charge in [0, 0.05) is 19.2 Å². The van der Waals surface area contributed by atoms with Gasteiger partial charge in [-0.3, -0.25) is 4.79 Å². The third kappa shape index (κ3) is 1.66. The number of carbonyl (C=O) groups excluding carboxylic acids is 1. The number of aryl methyl sites for hydroxylation is 1. The van der Waals surface area contributed by atoms with Crippen molar-refractivity contribution in [2.45, 2.75) is 27.2 Å². The zero-order valence-electron chi connectivity index (χ0n) is 10.6. The molecule has 0 bridgehead atoms. The first-order valence-electron chi connectivity index (χ1n) is 6.18. The molecule has 1 aliphatic carbocycles. The van der Waals surface area contributed by atoms with Gasteiger partial charge in [-0.05, 0) is 24.2 Å². The van der Waals surface area contributed by atoms with Crippen molar-refractivity contribution in [1.82, 2.24) is 10.1 Å². The van der Waals surface area contributed by atoms with Gasteiger partial charge in [0.25, 0.3) is 0 Å². The fraction of sp³-hybridized carbons (Fsp3) is 0.692. The van der Waals surface area contributed by atoms with E-state index in [1.54, 1.807) is 0 Å². The summed E-state index contributed by atoms with van der Waals surface area (Å²) in [5.74, 6) is 2.27. The number of amides is 1. The highest BCUT2D eigenvalue weighted by Gasteiger charge is 2.62. The van der Waals surface area contributed by atoms with Gasteiger partial charge in [-0.25, -0.2) is 0 Å². The van der Waals surface area contributed by atoms with Crippen molar-refractivity contribution in [2.24, 2.45) is 17.3 Å². The van der Waals surface area contributed by atoms with Gasteiger partial charge in [0.1, 0.15) is 5.76 Å². The maximum absolute atomic E-state index is 12.0. The zero-order valence-corrected chi connectivity index (χ0v) is 10.6. The largest absolute Gasteiger partial charge is 0.361 e. The maximum Gasteiger partial charge on any atom is 0.230 e. The fourth-order valence-corrected chi connectivity index (χ4v) is 3.10. The van der Waals surface area contributed by atoms with Crippen LogP contribution in [-0.4, -0.2) is 29.1 Å². The quantitative estimate of drug-likeness (QED) is 0.781. The van der Waals surface area contributed by atoms with Crippen molar-refractivity contribution < 1.29 is 9.32 Å². The minimum absolute atomic E-state index is 0.171. The standard InChI is InChI=1S/C13H18N2O2/c1-8-4-9(17-14-8)5-12(16)15-6-10-11(7-15)13(10,2)3/h4,10-11H,5-7H2,1-3H3. The van der Waals surface area contributed by atoms with Crippen LogP contribution < -0.4 is 0 Å². The number of fused-ring (bicyclic) bond motifs is 1. The van der Waals surface area contributed by atoms with E-state index in [1.165, 1.54) is 0 Å². The summed E-state index contributed by atoms with van der Waals surface area (Å²) in [4.78, 5) is 14.0. The molecule has 1 aliphatic heterocycles. The molecular formula is C13H18N2O2. The first-order valence-corrected chi connectivity index (χ1v) is 6.18. The molecule has 0 N–H and O–H groups in total. The second-order valence-corrected chi connectivity index (χ2v) is 5.94. The number of hydrogen-bond acceptors (Lipinski definition) is 3. The van der Waals surface area contributed by atoms with Crippen molar-refractivity contribution in [3.05, 3.63) is 17.5 Å². The molecule has 2 fully saturated rings. The van der Waals surface area contributed by atoms with Crippen LogP contribution in [0.5, 0.6) is 0 Å². The van der Waals surface area contributed by atoms with Crippen molar-refractivity contribution in [1.29, 1.82) is 0 Å². The first-order chi connectivity index (χ1) is 7.98. The Labute approximate surface area is 101 Å². The average Bonchev–Trinajstić information content (AvgIpc) is 2.69. The number of rotatable bonds is 2. The normalized spacial score (nSPS) is 29.2. The second-order valence-electron chi connectivity index (χ2n) is 5.94. The van der Waals surface area contributed by atoms with Crippen LogP contribution in [0.3, 0.4) is 0 Å². The zero-order chi connectivity index (χ0) is 12.2. The van der Waals surface area contributed by atoms with Crippen molar-refractivity contribution >= 4 is 5.91 Å². The lowest BCUT2D eigenvalue weighted by Gasteiger charge is -2.21. The molecule has 92 valence electrons. The molecule has 17 heavy (non-hydrogen) atoms. The Hall–Kier alpha value is -1.32. The first kappa shape index (κ1) is 10.8. The summed E-state index contributed by atoms with van der Waals surface area (Å²) in [5.41, 5.74) is 1.29. The molecule has 2 aliphatic rings. The minimum Gasteiger partial charge on any atom is -0.361 e. The summed E-state index contributed by atoms with van der Waals surface area (Å²) < 4.78 is 5.08. The van der Waals surface area contributed by atoms with Crippen LogP contribution in [0, 0.1) is 24.2 Å². The third-order valence-corrected chi connectivity index (χ3v) is 4.48. The number of piperidine rings is 1. The molecule has 1 saturated heterocycles. The van der Waals surface area contributed by atoms with Crippen LogP contribution in [0.4, 0.5) is 0 Å². The van der Waals surface area contributed by atoms with Crippen molar-refractivity contribution in [3.8, 4) is 0 Å². The molecule has 0 aromatic carbocycles. The number of likely N-dealkylation sites (tertiary alicyclic amines) is 1. The molecule has 2 unspecified atom stereocenters. The van der Waals surface area contributed by atoms with Gasteiger partial charge in [-0.15, -0.1) is 0 Å². The third-order valence-electron chi connectivity index (χ3n) is 4.48. The molecule has 4 heteroatoms. The van der Waals surface area contributed by atoms with Gasteiger partial charge < -0.3 is 9.42 Å². The molecule has 0 radical (unpaired) electrons. The Morgan fingerprint density at radius 3 is 2.71 bits per heavy atom. The predicted octanol–water partition coefficient (Wildman–Crippen LogP) is 1.64. The summed E-state index contributed by atoms with van der Waals surface area (Å²) >= 11 is 0. The van der Waals surface area contributed by atoms with E-state index in [1.807, 2.05) is 17.9 Å². The molecule has 1 aromatic rings. The molecule has 2 atom stereocenters. The van der Waals surface area contributed by atoms with Gasteiger partial charge in [0.05, 0.1) is 12.1 Å². The van der Waals surface area contributed by atoms with Crippen LogP contribution in [0.25, 0.3) is 0 Å². The molecule has 2 heterocycles. The van der Waals surface area contributed by atoms with E-state index in [9.17, 15) is 4.79 Å². The lowest BCUT2D eigenvalue weighted by molar-refractivity contribution is -0.130. The lowest BCUT2D eigenvalue weighted by atomic mass is 10.1. The summed E-state index contributed by atoms with van der Waals surface area (Å²) in [6, 6.07) is 1.83. The average molecular weight is 234 g/mol. The molecular weight excluding hydrogens is 216 g/mol. The molecule has 3 rings (SSSR count). The van der Waals surface area contributed by atoms with E-state index >= 15 is 0 Å². The van der Waals surface area contributed by atoms with Crippen LogP contribution in [0.15, 0.2) is 10.6 Å². The highest BCUT2D eigenvalue weighted by Crippen LogP contribution is 2.61. The van der Waals surface area contributed by atoms with Crippen LogP contribution in [0.1, 0.15) is 25.3 Å². The Balaban J connectivity index is 1.59. The van der Waals surface area contributed by atoms with E-state index in [0.29, 0.717) is 29.4 Å².